The number of aliphatic hydroxyl groups excluding tert-OH is 1. The number of hydrogen-bond acceptors (Lipinski definition) is 8. The van der Waals surface area contributed by atoms with Crippen LogP contribution in [0.25, 0.3) is 5.76 Å². The van der Waals surface area contributed by atoms with E-state index in [1.54, 1.807) is 36.4 Å². The van der Waals surface area contributed by atoms with E-state index in [4.69, 9.17) is 23.7 Å². The highest BCUT2D eigenvalue weighted by molar-refractivity contribution is 6.46. The lowest BCUT2D eigenvalue weighted by Crippen LogP contribution is -2.36. The van der Waals surface area contributed by atoms with Gasteiger partial charge in [-0.2, -0.15) is 0 Å². The van der Waals surface area contributed by atoms with Crippen molar-refractivity contribution in [1.82, 2.24) is 4.90 Å². The van der Waals surface area contributed by atoms with Crippen molar-refractivity contribution in [1.29, 1.82) is 0 Å². The maximum atomic E-state index is 13.3. The minimum absolute atomic E-state index is 0.0172. The first-order chi connectivity index (χ1) is 17.4. The van der Waals surface area contributed by atoms with Crippen LogP contribution in [0.1, 0.15) is 36.9 Å². The molecule has 0 aliphatic carbocycles. The number of carbonyl (C=O) groups excluding carboxylic acids is 2. The van der Waals surface area contributed by atoms with Crippen molar-refractivity contribution < 1.29 is 38.4 Å². The minimum atomic E-state index is -0.880. The van der Waals surface area contributed by atoms with Crippen molar-refractivity contribution in [3.63, 3.8) is 0 Å². The third kappa shape index (κ3) is 4.70. The van der Waals surface area contributed by atoms with E-state index in [1.807, 2.05) is 6.92 Å². The molecule has 0 saturated carbocycles. The van der Waals surface area contributed by atoms with E-state index in [9.17, 15) is 14.7 Å². The van der Waals surface area contributed by atoms with E-state index in [0.717, 1.165) is 12.8 Å². The van der Waals surface area contributed by atoms with Crippen LogP contribution >= 0.6 is 0 Å². The van der Waals surface area contributed by atoms with Crippen LogP contribution in [0.2, 0.25) is 0 Å². The molecule has 2 atom stereocenters. The molecule has 2 saturated heterocycles. The molecule has 0 aromatic heterocycles. The molecule has 0 spiro atoms. The Hall–Kier alpha value is -3.72. The summed E-state index contributed by atoms with van der Waals surface area (Å²) in [7, 11) is 4.48. The van der Waals surface area contributed by atoms with Crippen LogP contribution in [-0.4, -0.2) is 68.9 Å². The van der Waals surface area contributed by atoms with Gasteiger partial charge in [0.15, 0.2) is 11.5 Å². The summed E-state index contributed by atoms with van der Waals surface area (Å²) in [5.41, 5.74) is 0.914. The number of rotatable bonds is 9. The zero-order valence-electron chi connectivity index (χ0n) is 20.9. The van der Waals surface area contributed by atoms with Crippen molar-refractivity contribution >= 4 is 17.4 Å². The normalized spacial score (nSPS) is 21.1. The fraction of sp³-hybridized carbons (Fsp3) is 0.407. The number of benzene rings is 2. The average Bonchev–Trinajstić information content (AvgIpc) is 3.50. The van der Waals surface area contributed by atoms with Crippen molar-refractivity contribution in [2.75, 3.05) is 41.1 Å². The molecule has 2 unspecified atom stereocenters. The minimum Gasteiger partial charge on any atom is -0.507 e. The highest BCUT2D eigenvalue weighted by atomic mass is 16.5. The van der Waals surface area contributed by atoms with Gasteiger partial charge in [-0.25, -0.2) is 0 Å². The van der Waals surface area contributed by atoms with Gasteiger partial charge in [0.2, 0.25) is 5.75 Å². The van der Waals surface area contributed by atoms with Crippen molar-refractivity contribution in [3.05, 3.63) is 53.1 Å². The number of amides is 1. The molecule has 0 bridgehead atoms. The second-order valence-electron chi connectivity index (χ2n) is 8.50. The Morgan fingerprint density at radius 2 is 1.72 bits per heavy atom. The van der Waals surface area contributed by atoms with Crippen LogP contribution in [-0.2, 0) is 14.3 Å². The van der Waals surface area contributed by atoms with E-state index in [1.165, 1.54) is 26.2 Å². The first-order valence-electron chi connectivity index (χ1n) is 11.9. The number of likely N-dealkylation sites (tertiary alicyclic amines) is 1. The van der Waals surface area contributed by atoms with Gasteiger partial charge in [-0.15, -0.1) is 0 Å². The van der Waals surface area contributed by atoms with Gasteiger partial charge in [0.05, 0.1) is 45.7 Å². The third-order valence-electron chi connectivity index (χ3n) is 6.41. The highest BCUT2D eigenvalue weighted by Gasteiger charge is 2.47. The Balaban J connectivity index is 1.87. The first kappa shape index (κ1) is 25.4. The van der Waals surface area contributed by atoms with Gasteiger partial charge in [0.25, 0.3) is 11.7 Å². The van der Waals surface area contributed by atoms with Gasteiger partial charge in [-0.05, 0) is 61.7 Å². The zero-order valence-corrected chi connectivity index (χ0v) is 20.9. The summed E-state index contributed by atoms with van der Waals surface area (Å²) in [4.78, 5) is 28.0. The van der Waals surface area contributed by atoms with Crippen molar-refractivity contribution in [2.45, 2.75) is 31.9 Å². The Morgan fingerprint density at radius 3 is 2.25 bits per heavy atom. The Morgan fingerprint density at radius 1 is 1.06 bits per heavy atom. The summed E-state index contributed by atoms with van der Waals surface area (Å²) in [5.74, 6) is 0.0199. The van der Waals surface area contributed by atoms with Gasteiger partial charge in [0, 0.05) is 18.7 Å². The lowest BCUT2D eigenvalue weighted by molar-refractivity contribution is -0.140. The SMILES string of the molecule is CCOc1ccc(/C(O)=C2\C(=O)C(=O)N(CC3CCCO3)C2c2cc(OC)c(OC)c(OC)c2)cc1. The standard InChI is InChI=1S/C27H31NO8/c1-5-35-18-10-8-16(9-11-18)24(29)22-23(17-13-20(32-2)26(34-4)21(14-17)33-3)28(27(31)25(22)30)15-19-7-6-12-36-19/h8-11,13-14,19,23,29H,5-7,12,15H2,1-4H3/b24-22+. The number of carbonyl (C=O) groups is 2. The molecule has 2 aromatic rings. The summed E-state index contributed by atoms with van der Waals surface area (Å²) >= 11 is 0. The molecular weight excluding hydrogens is 466 g/mol. The smallest absolute Gasteiger partial charge is 0.295 e. The molecule has 0 radical (unpaired) electrons. The molecule has 2 fully saturated rings. The molecule has 1 amide bonds. The van der Waals surface area contributed by atoms with E-state index >= 15 is 0 Å². The number of nitrogens with zero attached hydrogens (tertiary/aromatic N) is 1. The predicted molar refractivity (Wildman–Crippen MR) is 132 cm³/mol. The zero-order chi connectivity index (χ0) is 25.8. The highest BCUT2D eigenvalue weighted by Crippen LogP contribution is 2.46. The van der Waals surface area contributed by atoms with Crippen LogP contribution in [0.5, 0.6) is 23.0 Å². The molecule has 2 heterocycles. The number of aliphatic hydroxyl groups is 1. The maximum Gasteiger partial charge on any atom is 0.295 e. The van der Waals surface area contributed by atoms with Crippen molar-refractivity contribution in [2.24, 2.45) is 0 Å². The van der Waals surface area contributed by atoms with Gasteiger partial charge in [0.1, 0.15) is 11.5 Å². The third-order valence-corrected chi connectivity index (χ3v) is 6.41. The Bertz CT molecular complexity index is 1130. The number of Topliss-reactive ketones (excluding diaryl/α,β-unsaturated/α-hetero) is 1. The molecule has 9 nitrogen and oxygen atoms in total. The fourth-order valence-electron chi connectivity index (χ4n) is 4.71. The fourth-order valence-corrected chi connectivity index (χ4v) is 4.71. The number of methoxy groups -OCH3 is 3. The summed E-state index contributed by atoms with van der Waals surface area (Å²) < 4.78 is 27.7. The second-order valence-corrected chi connectivity index (χ2v) is 8.50. The average molecular weight is 498 g/mol. The van der Waals surface area contributed by atoms with E-state index in [-0.39, 0.29) is 24.0 Å². The van der Waals surface area contributed by atoms with Gasteiger partial charge >= 0.3 is 0 Å². The maximum absolute atomic E-state index is 13.3. The van der Waals surface area contributed by atoms with Gasteiger partial charge < -0.3 is 33.7 Å². The van der Waals surface area contributed by atoms with Crippen LogP contribution < -0.4 is 18.9 Å². The predicted octanol–water partition coefficient (Wildman–Crippen LogP) is 3.71. The molecule has 2 aromatic carbocycles. The van der Waals surface area contributed by atoms with Crippen LogP contribution in [0.4, 0.5) is 0 Å². The Labute approximate surface area is 210 Å². The van der Waals surface area contributed by atoms with Crippen molar-refractivity contribution in [3.8, 4) is 23.0 Å². The molecule has 4 rings (SSSR count). The number of hydrogen-bond donors (Lipinski definition) is 1. The lowest BCUT2D eigenvalue weighted by atomic mass is 9.94. The summed E-state index contributed by atoms with van der Waals surface area (Å²) in [6, 6.07) is 9.21. The van der Waals surface area contributed by atoms with Gasteiger partial charge in [-0.1, -0.05) is 0 Å². The summed E-state index contributed by atoms with van der Waals surface area (Å²) in [6.45, 7) is 3.20. The number of ketones is 1. The molecule has 1 N–H and O–H groups in total. The quantitative estimate of drug-likeness (QED) is 0.318. The summed E-state index contributed by atoms with van der Waals surface area (Å²) in [6.07, 6.45) is 1.47. The van der Waals surface area contributed by atoms with Crippen LogP contribution in [0.15, 0.2) is 42.0 Å². The second kappa shape index (κ2) is 10.9. The molecule has 36 heavy (non-hydrogen) atoms. The monoisotopic (exact) mass is 497 g/mol. The molecule has 2 aliphatic rings. The first-order valence-corrected chi connectivity index (χ1v) is 11.9. The molecule has 192 valence electrons. The van der Waals surface area contributed by atoms with Crippen LogP contribution in [0, 0.1) is 0 Å². The lowest BCUT2D eigenvalue weighted by Gasteiger charge is -2.28. The Kier molecular flexibility index (Phi) is 7.69. The summed E-state index contributed by atoms with van der Waals surface area (Å²) in [5, 5.41) is 11.3. The molecule has 2 aliphatic heterocycles. The largest absolute Gasteiger partial charge is 0.507 e. The van der Waals surface area contributed by atoms with Gasteiger partial charge in [-0.3, -0.25) is 9.59 Å². The topological polar surface area (TPSA) is 104 Å². The molecule has 9 heteroatoms. The van der Waals surface area contributed by atoms with E-state index in [2.05, 4.69) is 0 Å². The number of ether oxygens (including phenoxy) is 5. The van der Waals surface area contributed by atoms with E-state index in [0.29, 0.717) is 47.3 Å². The van der Waals surface area contributed by atoms with Crippen LogP contribution in [0.3, 0.4) is 0 Å². The van der Waals surface area contributed by atoms with E-state index < -0.39 is 17.7 Å². The molecular formula is C27H31NO8.